The molecule has 1 saturated carbocycles. The fraction of sp³-hybridized carbons (Fsp3) is 0.611. The first-order chi connectivity index (χ1) is 10.9. The van der Waals surface area contributed by atoms with Gasteiger partial charge in [-0.1, -0.05) is 25.0 Å². The van der Waals surface area contributed by atoms with Crippen LogP contribution < -0.4 is 5.32 Å². The second-order valence-electron chi connectivity index (χ2n) is 6.71. The minimum atomic E-state index is -0.411. The zero-order valence-electron chi connectivity index (χ0n) is 14.0. The smallest absolute Gasteiger partial charge is 0.317 e. The lowest BCUT2D eigenvalue weighted by atomic mass is 9.79. The fourth-order valence-electron chi connectivity index (χ4n) is 3.28. The van der Waals surface area contributed by atoms with Crippen molar-refractivity contribution in [2.24, 2.45) is 0 Å². The minimum Gasteiger partial charge on any atom is -0.393 e. The topological polar surface area (TPSA) is 52.6 Å². The van der Waals surface area contributed by atoms with Crippen molar-refractivity contribution in [3.05, 3.63) is 35.6 Å². The Morgan fingerprint density at radius 1 is 1.35 bits per heavy atom. The summed E-state index contributed by atoms with van der Waals surface area (Å²) in [5, 5.41) is 12.3. The van der Waals surface area contributed by atoms with Crippen molar-refractivity contribution in [2.75, 3.05) is 20.1 Å². The summed E-state index contributed by atoms with van der Waals surface area (Å²) in [4.78, 5) is 13.8. The molecule has 1 aromatic rings. The second-order valence-corrected chi connectivity index (χ2v) is 6.71. The summed E-state index contributed by atoms with van der Waals surface area (Å²) in [5.74, 6) is -0.233. The lowest BCUT2D eigenvalue weighted by Gasteiger charge is -2.31. The van der Waals surface area contributed by atoms with Gasteiger partial charge >= 0.3 is 6.03 Å². The van der Waals surface area contributed by atoms with E-state index < -0.39 is 6.10 Å². The predicted molar refractivity (Wildman–Crippen MR) is 88.9 cm³/mol. The van der Waals surface area contributed by atoms with Crippen molar-refractivity contribution in [1.82, 2.24) is 10.2 Å². The molecular formula is C18H27FN2O2. The van der Waals surface area contributed by atoms with Crippen molar-refractivity contribution >= 4 is 6.03 Å². The Morgan fingerprint density at radius 2 is 1.96 bits per heavy atom. The maximum atomic E-state index is 13.2. The van der Waals surface area contributed by atoms with Crippen LogP contribution in [0.3, 0.4) is 0 Å². The molecule has 0 saturated heterocycles. The SMILES string of the molecule is CC(O)CCN(C)C(=O)NCC1(c2ccc(F)cc2)CCCC1. The number of halogens is 1. The Morgan fingerprint density at radius 3 is 2.52 bits per heavy atom. The summed E-state index contributed by atoms with van der Waals surface area (Å²) in [7, 11) is 1.73. The third-order valence-electron chi connectivity index (χ3n) is 4.82. The van der Waals surface area contributed by atoms with E-state index in [1.54, 1.807) is 18.9 Å². The summed E-state index contributed by atoms with van der Waals surface area (Å²) in [5.41, 5.74) is 1.01. The van der Waals surface area contributed by atoms with Crippen LogP contribution in [0.2, 0.25) is 0 Å². The number of carbonyl (C=O) groups is 1. The van der Waals surface area contributed by atoms with Crippen LogP contribution in [-0.4, -0.2) is 42.3 Å². The summed E-state index contributed by atoms with van der Waals surface area (Å²) in [6.07, 6.45) is 4.43. The highest BCUT2D eigenvalue weighted by Gasteiger charge is 2.36. The number of hydrogen-bond donors (Lipinski definition) is 2. The van der Waals surface area contributed by atoms with Crippen LogP contribution in [0.5, 0.6) is 0 Å². The van der Waals surface area contributed by atoms with Gasteiger partial charge in [-0.05, 0) is 43.9 Å². The monoisotopic (exact) mass is 322 g/mol. The van der Waals surface area contributed by atoms with E-state index in [9.17, 15) is 14.3 Å². The Labute approximate surface area is 137 Å². The van der Waals surface area contributed by atoms with E-state index >= 15 is 0 Å². The van der Waals surface area contributed by atoms with Crippen LogP contribution >= 0.6 is 0 Å². The number of hydrogen-bond acceptors (Lipinski definition) is 2. The molecule has 0 aliphatic heterocycles. The number of rotatable bonds is 6. The highest BCUT2D eigenvalue weighted by Crippen LogP contribution is 2.40. The molecule has 1 aliphatic carbocycles. The van der Waals surface area contributed by atoms with Crippen LogP contribution in [0.4, 0.5) is 9.18 Å². The van der Waals surface area contributed by atoms with Gasteiger partial charge in [0.25, 0.3) is 0 Å². The van der Waals surface area contributed by atoms with Gasteiger partial charge in [0.1, 0.15) is 5.82 Å². The number of carbonyl (C=O) groups excluding carboxylic acids is 1. The van der Waals surface area contributed by atoms with E-state index in [2.05, 4.69) is 5.32 Å². The average Bonchev–Trinajstić information content (AvgIpc) is 3.01. The van der Waals surface area contributed by atoms with Crippen molar-refractivity contribution in [2.45, 2.75) is 50.5 Å². The Bertz CT molecular complexity index is 510. The highest BCUT2D eigenvalue weighted by atomic mass is 19.1. The Hall–Kier alpha value is -1.62. The molecule has 2 rings (SSSR count). The lowest BCUT2D eigenvalue weighted by molar-refractivity contribution is 0.162. The van der Waals surface area contributed by atoms with Crippen molar-refractivity contribution in [1.29, 1.82) is 0 Å². The number of nitrogens with one attached hydrogen (secondary N) is 1. The van der Waals surface area contributed by atoms with Gasteiger partial charge < -0.3 is 15.3 Å². The highest BCUT2D eigenvalue weighted by molar-refractivity contribution is 5.74. The number of benzene rings is 1. The van der Waals surface area contributed by atoms with Crippen LogP contribution in [0.25, 0.3) is 0 Å². The first-order valence-electron chi connectivity index (χ1n) is 8.36. The fourth-order valence-corrected chi connectivity index (χ4v) is 3.28. The van der Waals surface area contributed by atoms with Crippen LogP contribution in [0.15, 0.2) is 24.3 Å². The third kappa shape index (κ3) is 4.67. The molecule has 4 nitrogen and oxygen atoms in total. The summed E-state index contributed by atoms with van der Waals surface area (Å²) >= 11 is 0. The second kappa shape index (κ2) is 7.77. The molecule has 0 heterocycles. The van der Waals surface area contributed by atoms with E-state index in [-0.39, 0.29) is 17.3 Å². The standard InChI is InChI=1S/C18H27FN2O2/c1-14(22)9-12-21(2)17(23)20-13-18(10-3-4-11-18)15-5-7-16(19)8-6-15/h5-8,14,22H,3-4,9-13H2,1-2H3,(H,20,23). The van der Waals surface area contributed by atoms with Gasteiger partial charge in [-0.2, -0.15) is 0 Å². The summed E-state index contributed by atoms with van der Waals surface area (Å²) in [6.45, 7) is 2.80. The van der Waals surface area contributed by atoms with Gasteiger partial charge in [0.05, 0.1) is 6.10 Å². The van der Waals surface area contributed by atoms with E-state index in [1.165, 1.54) is 12.1 Å². The molecule has 1 atom stereocenters. The molecule has 128 valence electrons. The Balaban J connectivity index is 1.97. The molecule has 0 spiro atoms. The molecule has 2 amide bonds. The average molecular weight is 322 g/mol. The first-order valence-corrected chi connectivity index (χ1v) is 8.36. The predicted octanol–water partition coefficient (Wildman–Crippen LogP) is 3.05. The molecule has 5 heteroatoms. The van der Waals surface area contributed by atoms with Gasteiger partial charge in [0, 0.05) is 25.6 Å². The normalized spacial score (nSPS) is 17.7. The summed E-state index contributed by atoms with van der Waals surface area (Å²) in [6, 6.07) is 6.53. The van der Waals surface area contributed by atoms with Gasteiger partial charge in [0.15, 0.2) is 0 Å². The maximum Gasteiger partial charge on any atom is 0.317 e. The minimum absolute atomic E-state index is 0.0888. The molecular weight excluding hydrogens is 295 g/mol. The molecule has 0 bridgehead atoms. The molecule has 0 aromatic heterocycles. The van der Waals surface area contributed by atoms with Crippen molar-refractivity contribution in [3.8, 4) is 0 Å². The van der Waals surface area contributed by atoms with E-state index in [0.717, 1.165) is 31.2 Å². The van der Waals surface area contributed by atoms with Gasteiger partial charge in [-0.15, -0.1) is 0 Å². The van der Waals surface area contributed by atoms with E-state index in [4.69, 9.17) is 0 Å². The molecule has 23 heavy (non-hydrogen) atoms. The number of aliphatic hydroxyl groups is 1. The third-order valence-corrected chi connectivity index (χ3v) is 4.82. The van der Waals surface area contributed by atoms with Gasteiger partial charge in [0.2, 0.25) is 0 Å². The number of nitrogens with zero attached hydrogens (tertiary/aromatic N) is 1. The molecule has 1 fully saturated rings. The molecule has 1 aromatic carbocycles. The number of aliphatic hydroxyl groups excluding tert-OH is 1. The van der Waals surface area contributed by atoms with Crippen LogP contribution in [0, 0.1) is 5.82 Å². The van der Waals surface area contributed by atoms with Crippen LogP contribution in [0.1, 0.15) is 44.6 Å². The van der Waals surface area contributed by atoms with Crippen LogP contribution in [-0.2, 0) is 5.41 Å². The van der Waals surface area contributed by atoms with Gasteiger partial charge in [-0.25, -0.2) is 9.18 Å². The van der Waals surface area contributed by atoms with Crippen molar-refractivity contribution in [3.63, 3.8) is 0 Å². The molecule has 1 aliphatic rings. The van der Waals surface area contributed by atoms with Gasteiger partial charge in [-0.3, -0.25) is 0 Å². The first kappa shape index (κ1) is 17.7. The van der Waals surface area contributed by atoms with Crippen molar-refractivity contribution < 1.29 is 14.3 Å². The zero-order valence-corrected chi connectivity index (χ0v) is 14.0. The molecule has 0 radical (unpaired) electrons. The number of urea groups is 1. The van der Waals surface area contributed by atoms with E-state index in [0.29, 0.717) is 19.5 Å². The zero-order chi connectivity index (χ0) is 16.9. The Kier molecular flexibility index (Phi) is 5.99. The summed E-state index contributed by atoms with van der Waals surface area (Å²) < 4.78 is 13.2. The largest absolute Gasteiger partial charge is 0.393 e. The number of amides is 2. The molecule has 2 N–H and O–H groups in total. The lowest BCUT2D eigenvalue weighted by Crippen LogP contribution is -2.45. The quantitative estimate of drug-likeness (QED) is 0.846. The maximum absolute atomic E-state index is 13.2. The van der Waals surface area contributed by atoms with E-state index in [1.807, 2.05) is 12.1 Å². The molecule has 1 unspecified atom stereocenters.